The van der Waals surface area contributed by atoms with E-state index in [9.17, 15) is 0 Å². The average Bonchev–Trinajstić information content (AvgIpc) is 2.64. The summed E-state index contributed by atoms with van der Waals surface area (Å²) >= 11 is 13.8. The number of hydrogen-bond acceptors (Lipinski definition) is 4. The quantitative estimate of drug-likeness (QED) is 0.672. The van der Waals surface area contributed by atoms with E-state index in [2.05, 4.69) is 10.4 Å². The second-order valence-electron chi connectivity index (χ2n) is 3.95. The van der Waals surface area contributed by atoms with Gasteiger partial charge in [-0.1, -0.05) is 23.2 Å². The summed E-state index contributed by atoms with van der Waals surface area (Å²) in [5.74, 6) is 5.66. The van der Waals surface area contributed by atoms with E-state index in [4.69, 9.17) is 29.0 Å². The van der Waals surface area contributed by atoms with Crippen LogP contribution in [0.1, 0.15) is 27.2 Å². The van der Waals surface area contributed by atoms with Gasteiger partial charge in [-0.25, -0.2) is 10.4 Å². The maximum absolute atomic E-state index is 6.21. The van der Waals surface area contributed by atoms with E-state index in [1.54, 1.807) is 23.5 Å². The molecular weight excluding hydrogens is 289 g/mol. The van der Waals surface area contributed by atoms with Crippen molar-refractivity contribution in [3.8, 4) is 0 Å². The van der Waals surface area contributed by atoms with Crippen LogP contribution in [-0.2, 0) is 0 Å². The van der Waals surface area contributed by atoms with Gasteiger partial charge >= 0.3 is 0 Å². The van der Waals surface area contributed by atoms with Gasteiger partial charge in [0.2, 0.25) is 0 Å². The van der Waals surface area contributed by atoms with E-state index >= 15 is 0 Å². The summed E-state index contributed by atoms with van der Waals surface area (Å²) in [6, 6.07) is 5.16. The Morgan fingerprint density at radius 3 is 2.61 bits per heavy atom. The van der Waals surface area contributed by atoms with Crippen molar-refractivity contribution in [2.75, 3.05) is 0 Å². The fourth-order valence-corrected chi connectivity index (χ4v) is 3.27. The summed E-state index contributed by atoms with van der Waals surface area (Å²) in [5.41, 5.74) is 4.60. The summed E-state index contributed by atoms with van der Waals surface area (Å²) in [5, 5.41) is 2.27. The molecule has 3 N–H and O–H groups in total. The first-order valence-electron chi connectivity index (χ1n) is 5.38. The SMILES string of the molecule is Cc1nc(C)c(C(NN)c2cc(Cl)ccc2Cl)s1. The molecule has 2 aromatic rings. The van der Waals surface area contributed by atoms with Crippen molar-refractivity contribution in [2.24, 2.45) is 5.84 Å². The normalized spacial score (nSPS) is 12.7. The highest BCUT2D eigenvalue weighted by Crippen LogP contribution is 2.34. The second-order valence-corrected chi connectivity index (χ2v) is 6.03. The molecule has 3 nitrogen and oxygen atoms in total. The van der Waals surface area contributed by atoms with Gasteiger partial charge in [-0.3, -0.25) is 5.84 Å². The molecule has 18 heavy (non-hydrogen) atoms. The van der Waals surface area contributed by atoms with Gasteiger partial charge in [0, 0.05) is 10.0 Å². The summed E-state index contributed by atoms with van der Waals surface area (Å²) in [6.07, 6.45) is 0. The Morgan fingerprint density at radius 2 is 2.06 bits per heavy atom. The molecule has 0 fully saturated rings. The first kappa shape index (κ1) is 13.8. The maximum Gasteiger partial charge on any atom is 0.0900 e. The van der Waals surface area contributed by atoms with Crippen LogP contribution in [-0.4, -0.2) is 4.98 Å². The Labute approximate surface area is 120 Å². The predicted octanol–water partition coefficient (Wildman–Crippen LogP) is 3.62. The van der Waals surface area contributed by atoms with Crippen LogP contribution in [0.2, 0.25) is 10.0 Å². The number of nitrogens with zero attached hydrogens (tertiary/aromatic N) is 1. The highest BCUT2D eigenvalue weighted by molar-refractivity contribution is 7.11. The lowest BCUT2D eigenvalue weighted by atomic mass is 10.1. The lowest BCUT2D eigenvalue weighted by Crippen LogP contribution is -2.29. The minimum atomic E-state index is -0.192. The summed E-state index contributed by atoms with van der Waals surface area (Å²) in [4.78, 5) is 5.46. The van der Waals surface area contributed by atoms with E-state index < -0.39 is 0 Å². The van der Waals surface area contributed by atoms with Crippen LogP contribution in [0, 0.1) is 13.8 Å². The molecule has 96 valence electrons. The largest absolute Gasteiger partial charge is 0.271 e. The molecule has 0 radical (unpaired) electrons. The molecule has 0 aliphatic rings. The molecule has 0 aliphatic carbocycles. The fourth-order valence-electron chi connectivity index (χ4n) is 1.86. The number of nitrogens with two attached hydrogens (primary N) is 1. The third-order valence-electron chi connectivity index (χ3n) is 2.64. The molecular formula is C12H13Cl2N3S. The van der Waals surface area contributed by atoms with Crippen molar-refractivity contribution in [2.45, 2.75) is 19.9 Å². The van der Waals surface area contributed by atoms with Crippen molar-refractivity contribution >= 4 is 34.5 Å². The molecule has 6 heteroatoms. The molecule has 1 atom stereocenters. The Balaban J connectivity index is 2.51. The molecule has 0 bridgehead atoms. The van der Waals surface area contributed by atoms with Crippen LogP contribution in [0.25, 0.3) is 0 Å². The molecule has 0 saturated carbocycles. The standard InChI is InChI=1S/C12H13Cl2N3S/c1-6-12(18-7(2)16-6)11(17-15)9-5-8(13)3-4-10(9)14/h3-5,11,17H,15H2,1-2H3. The Morgan fingerprint density at radius 1 is 1.33 bits per heavy atom. The minimum absolute atomic E-state index is 0.192. The van der Waals surface area contributed by atoms with E-state index in [1.807, 2.05) is 19.9 Å². The Hall–Kier alpha value is -0.650. The van der Waals surface area contributed by atoms with Gasteiger partial charge in [0.15, 0.2) is 0 Å². The zero-order chi connectivity index (χ0) is 13.3. The van der Waals surface area contributed by atoms with Gasteiger partial charge in [-0.2, -0.15) is 0 Å². The molecule has 0 saturated heterocycles. The number of benzene rings is 1. The summed E-state index contributed by atoms with van der Waals surface area (Å²) in [6.45, 7) is 3.93. The zero-order valence-corrected chi connectivity index (χ0v) is 12.3. The molecule has 1 aromatic carbocycles. The smallest absolute Gasteiger partial charge is 0.0900 e. The summed E-state index contributed by atoms with van der Waals surface area (Å²) < 4.78 is 0. The number of aromatic nitrogens is 1. The topological polar surface area (TPSA) is 50.9 Å². The monoisotopic (exact) mass is 301 g/mol. The number of halogens is 2. The van der Waals surface area contributed by atoms with Gasteiger partial charge < -0.3 is 0 Å². The van der Waals surface area contributed by atoms with Crippen LogP contribution in [0.5, 0.6) is 0 Å². The van der Waals surface area contributed by atoms with Crippen molar-refractivity contribution < 1.29 is 0 Å². The average molecular weight is 302 g/mol. The third kappa shape index (κ3) is 2.68. The number of aryl methyl sites for hydroxylation is 2. The molecule has 2 rings (SSSR count). The highest BCUT2D eigenvalue weighted by Gasteiger charge is 2.20. The lowest BCUT2D eigenvalue weighted by molar-refractivity contribution is 0.642. The first-order valence-corrected chi connectivity index (χ1v) is 6.95. The lowest BCUT2D eigenvalue weighted by Gasteiger charge is -2.17. The number of nitrogens with one attached hydrogen (secondary N) is 1. The van der Waals surface area contributed by atoms with Crippen molar-refractivity contribution in [1.82, 2.24) is 10.4 Å². The van der Waals surface area contributed by atoms with Gasteiger partial charge in [-0.05, 0) is 37.6 Å². The number of thiazole rings is 1. The van der Waals surface area contributed by atoms with Gasteiger partial charge in [0.1, 0.15) is 0 Å². The minimum Gasteiger partial charge on any atom is -0.271 e. The summed E-state index contributed by atoms with van der Waals surface area (Å²) in [7, 11) is 0. The number of hydrogen-bond donors (Lipinski definition) is 2. The highest BCUT2D eigenvalue weighted by atomic mass is 35.5. The van der Waals surface area contributed by atoms with Crippen molar-refractivity contribution in [3.05, 3.63) is 49.4 Å². The molecule has 1 heterocycles. The van der Waals surface area contributed by atoms with Gasteiger partial charge in [-0.15, -0.1) is 11.3 Å². The van der Waals surface area contributed by atoms with E-state index in [0.29, 0.717) is 10.0 Å². The van der Waals surface area contributed by atoms with Gasteiger partial charge in [0.05, 0.1) is 21.6 Å². The van der Waals surface area contributed by atoms with Crippen LogP contribution >= 0.6 is 34.5 Å². The second kappa shape index (κ2) is 5.55. The molecule has 1 aromatic heterocycles. The molecule has 1 unspecified atom stereocenters. The number of hydrazine groups is 1. The van der Waals surface area contributed by atoms with Crippen LogP contribution in [0.3, 0.4) is 0 Å². The third-order valence-corrected chi connectivity index (χ3v) is 4.35. The maximum atomic E-state index is 6.21. The van der Waals surface area contributed by atoms with E-state index in [1.165, 1.54) is 0 Å². The van der Waals surface area contributed by atoms with Crippen molar-refractivity contribution in [3.63, 3.8) is 0 Å². The molecule has 0 spiro atoms. The van der Waals surface area contributed by atoms with E-state index in [-0.39, 0.29) is 6.04 Å². The Bertz CT molecular complexity index is 568. The molecule has 0 amide bonds. The van der Waals surface area contributed by atoms with Crippen LogP contribution in [0.4, 0.5) is 0 Å². The van der Waals surface area contributed by atoms with Crippen molar-refractivity contribution in [1.29, 1.82) is 0 Å². The molecule has 0 aliphatic heterocycles. The van der Waals surface area contributed by atoms with E-state index in [0.717, 1.165) is 21.1 Å². The van der Waals surface area contributed by atoms with Gasteiger partial charge in [0.25, 0.3) is 0 Å². The number of rotatable bonds is 3. The predicted molar refractivity (Wildman–Crippen MR) is 77.2 cm³/mol. The van der Waals surface area contributed by atoms with Crippen LogP contribution in [0.15, 0.2) is 18.2 Å². The Kier molecular flexibility index (Phi) is 4.25. The fraction of sp³-hybridized carbons (Fsp3) is 0.250. The van der Waals surface area contributed by atoms with Crippen LogP contribution < -0.4 is 11.3 Å². The first-order chi connectivity index (χ1) is 8.52. The zero-order valence-electron chi connectivity index (χ0n) is 10.00.